The van der Waals surface area contributed by atoms with E-state index >= 15 is 0 Å². The lowest BCUT2D eigenvalue weighted by Gasteiger charge is -2.20. The Labute approximate surface area is 119 Å². The molecular formula is C17H22N2O. The summed E-state index contributed by atoms with van der Waals surface area (Å²) in [6.45, 7) is 2.04. The fraction of sp³-hybridized carbons (Fsp3) is 0.471. The zero-order valence-electron chi connectivity index (χ0n) is 12.0. The Morgan fingerprint density at radius 1 is 1.25 bits per heavy atom. The van der Waals surface area contributed by atoms with Gasteiger partial charge in [-0.3, -0.25) is 4.79 Å². The van der Waals surface area contributed by atoms with Gasteiger partial charge in [-0.05, 0) is 49.9 Å². The van der Waals surface area contributed by atoms with Crippen LogP contribution in [0.5, 0.6) is 0 Å². The molecule has 3 nitrogen and oxygen atoms in total. The van der Waals surface area contributed by atoms with E-state index in [4.69, 9.17) is 0 Å². The minimum atomic E-state index is 0.156. The van der Waals surface area contributed by atoms with Crippen LogP contribution < -0.4 is 5.32 Å². The van der Waals surface area contributed by atoms with Crippen molar-refractivity contribution in [2.75, 3.05) is 5.32 Å². The van der Waals surface area contributed by atoms with Crippen LogP contribution in [0.4, 0.5) is 5.69 Å². The van der Waals surface area contributed by atoms with Crippen LogP contribution in [0.2, 0.25) is 0 Å². The largest absolute Gasteiger partial charge is 0.359 e. The van der Waals surface area contributed by atoms with Crippen LogP contribution in [-0.4, -0.2) is 10.9 Å². The first kappa shape index (κ1) is 13.2. The Morgan fingerprint density at radius 3 is 2.85 bits per heavy atom. The van der Waals surface area contributed by atoms with Crippen molar-refractivity contribution >= 4 is 22.5 Å². The molecule has 1 heterocycles. The zero-order chi connectivity index (χ0) is 13.9. The van der Waals surface area contributed by atoms with Crippen LogP contribution in [0.15, 0.2) is 24.3 Å². The number of rotatable bonds is 3. The quantitative estimate of drug-likeness (QED) is 0.853. The number of aromatic amines is 1. The van der Waals surface area contributed by atoms with Gasteiger partial charge in [0.25, 0.3) is 0 Å². The van der Waals surface area contributed by atoms with Crippen molar-refractivity contribution in [1.82, 2.24) is 4.98 Å². The van der Waals surface area contributed by atoms with Crippen molar-refractivity contribution in [1.29, 1.82) is 0 Å². The molecule has 20 heavy (non-hydrogen) atoms. The number of hydrogen-bond donors (Lipinski definition) is 2. The molecule has 0 unspecified atom stereocenters. The lowest BCUT2D eigenvalue weighted by Crippen LogP contribution is -2.18. The SMILES string of the molecule is Cc1cc2cc(NC(=O)CC3CCCCC3)ccc2[nH]1. The van der Waals surface area contributed by atoms with Gasteiger partial charge >= 0.3 is 0 Å². The minimum Gasteiger partial charge on any atom is -0.359 e. The number of aryl methyl sites for hydroxylation is 1. The van der Waals surface area contributed by atoms with Crippen LogP contribution in [0.3, 0.4) is 0 Å². The van der Waals surface area contributed by atoms with E-state index in [2.05, 4.69) is 16.4 Å². The minimum absolute atomic E-state index is 0.156. The van der Waals surface area contributed by atoms with E-state index < -0.39 is 0 Å². The van der Waals surface area contributed by atoms with Gasteiger partial charge in [-0.15, -0.1) is 0 Å². The topological polar surface area (TPSA) is 44.9 Å². The predicted molar refractivity (Wildman–Crippen MR) is 82.9 cm³/mol. The van der Waals surface area contributed by atoms with Crippen molar-refractivity contribution in [3.8, 4) is 0 Å². The van der Waals surface area contributed by atoms with Crippen LogP contribution in [-0.2, 0) is 4.79 Å². The molecule has 3 heteroatoms. The van der Waals surface area contributed by atoms with Gasteiger partial charge in [0.1, 0.15) is 0 Å². The van der Waals surface area contributed by atoms with Crippen molar-refractivity contribution < 1.29 is 4.79 Å². The van der Waals surface area contributed by atoms with E-state index in [9.17, 15) is 4.79 Å². The van der Waals surface area contributed by atoms with E-state index in [1.165, 1.54) is 32.1 Å². The predicted octanol–water partition coefficient (Wildman–Crippen LogP) is 4.39. The number of benzene rings is 1. The number of nitrogens with one attached hydrogen (secondary N) is 2. The highest BCUT2D eigenvalue weighted by Gasteiger charge is 2.17. The molecule has 1 aromatic heterocycles. The van der Waals surface area contributed by atoms with E-state index in [1.807, 2.05) is 25.1 Å². The first-order chi connectivity index (χ1) is 9.70. The molecule has 0 bridgehead atoms. The monoisotopic (exact) mass is 270 g/mol. The molecule has 0 saturated heterocycles. The summed E-state index contributed by atoms with van der Waals surface area (Å²) in [5.41, 5.74) is 3.16. The Hall–Kier alpha value is -1.77. The first-order valence-corrected chi connectivity index (χ1v) is 7.60. The molecule has 1 saturated carbocycles. The summed E-state index contributed by atoms with van der Waals surface area (Å²) in [5, 5.41) is 4.19. The third-order valence-electron chi connectivity index (χ3n) is 4.24. The molecule has 0 atom stereocenters. The molecule has 0 spiro atoms. The average molecular weight is 270 g/mol. The third kappa shape index (κ3) is 3.03. The average Bonchev–Trinajstić information content (AvgIpc) is 2.79. The summed E-state index contributed by atoms with van der Waals surface area (Å²) in [5.74, 6) is 0.741. The summed E-state index contributed by atoms with van der Waals surface area (Å²) in [6.07, 6.45) is 7.00. The fourth-order valence-electron chi connectivity index (χ4n) is 3.22. The number of hydrogen-bond acceptors (Lipinski definition) is 1. The zero-order valence-corrected chi connectivity index (χ0v) is 12.0. The van der Waals surface area contributed by atoms with Crippen LogP contribution in [0.25, 0.3) is 10.9 Å². The smallest absolute Gasteiger partial charge is 0.224 e. The normalized spacial score (nSPS) is 16.4. The lowest BCUT2D eigenvalue weighted by molar-refractivity contribution is -0.117. The molecule has 1 aliphatic carbocycles. The number of aromatic nitrogens is 1. The number of carbonyl (C=O) groups excluding carboxylic acids is 1. The number of fused-ring (bicyclic) bond motifs is 1. The Morgan fingerprint density at radius 2 is 2.05 bits per heavy atom. The molecule has 1 aliphatic rings. The molecule has 1 aromatic carbocycles. The maximum absolute atomic E-state index is 12.1. The van der Waals surface area contributed by atoms with Crippen molar-refractivity contribution in [3.63, 3.8) is 0 Å². The summed E-state index contributed by atoms with van der Waals surface area (Å²) >= 11 is 0. The Kier molecular flexibility index (Phi) is 3.77. The van der Waals surface area contributed by atoms with Crippen molar-refractivity contribution in [3.05, 3.63) is 30.0 Å². The molecule has 1 fully saturated rings. The molecule has 2 aromatic rings. The second kappa shape index (κ2) is 5.70. The summed E-state index contributed by atoms with van der Waals surface area (Å²) in [6, 6.07) is 8.14. The highest BCUT2D eigenvalue weighted by Crippen LogP contribution is 2.27. The molecule has 0 aliphatic heterocycles. The lowest BCUT2D eigenvalue weighted by atomic mass is 9.87. The second-order valence-electron chi connectivity index (χ2n) is 6.01. The van der Waals surface area contributed by atoms with Gasteiger partial charge < -0.3 is 10.3 Å². The van der Waals surface area contributed by atoms with E-state index in [-0.39, 0.29) is 5.91 Å². The van der Waals surface area contributed by atoms with Crippen LogP contribution >= 0.6 is 0 Å². The Balaban J connectivity index is 1.64. The maximum Gasteiger partial charge on any atom is 0.224 e. The van der Waals surface area contributed by atoms with Crippen LogP contribution in [0, 0.1) is 12.8 Å². The van der Waals surface area contributed by atoms with Gasteiger partial charge in [0.2, 0.25) is 5.91 Å². The van der Waals surface area contributed by atoms with E-state index in [0.29, 0.717) is 12.3 Å². The summed E-state index contributed by atoms with van der Waals surface area (Å²) in [4.78, 5) is 15.4. The number of anilines is 1. The molecule has 1 amide bonds. The van der Waals surface area contributed by atoms with Gasteiger partial charge in [-0.25, -0.2) is 0 Å². The maximum atomic E-state index is 12.1. The van der Waals surface area contributed by atoms with Crippen molar-refractivity contribution in [2.45, 2.75) is 45.4 Å². The second-order valence-corrected chi connectivity index (χ2v) is 6.01. The molecule has 2 N–H and O–H groups in total. The molecule has 106 valence electrons. The number of H-pyrrole nitrogens is 1. The van der Waals surface area contributed by atoms with Gasteiger partial charge in [0.05, 0.1) is 0 Å². The highest BCUT2D eigenvalue weighted by molar-refractivity contribution is 5.94. The third-order valence-corrected chi connectivity index (χ3v) is 4.24. The van der Waals surface area contributed by atoms with Gasteiger partial charge in [0, 0.05) is 28.7 Å². The van der Waals surface area contributed by atoms with Gasteiger partial charge in [-0.2, -0.15) is 0 Å². The summed E-state index contributed by atoms with van der Waals surface area (Å²) in [7, 11) is 0. The fourth-order valence-corrected chi connectivity index (χ4v) is 3.22. The first-order valence-electron chi connectivity index (χ1n) is 7.60. The Bertz CT molecular complexity index is 608. The number of amides is 1. The highest BCUT2D eigenvalue weighted by atomic mass is 16.1. The van der Waals surface area contributed by atoms with E-state index in [1.54, 1.807) is 0 Å². The van der Waals surface area contributed by atoms with Gasteiger partial charge in [0.15, 0.2) is 0 Å². The van der Waals surface area contributed by atoms with Gasteiger partial charge in [-0.1, -0.05) is 19.3 Å². The number of carbonyl (C=O) groups is 1. The van der Waals surface area contributed by atoms with Crippen LogP contribution in [0.1, 0.15) is 44.2 Å². The summed E-state index contributed by atoms with van der Waals surface area (Å²) < 4.78 is 0. The van der Waals surface area contributed by atoms with E-state index in [0.717, 1.165) is 22.3 Å². The standard InChI is InChI=1S/C17H22N2O/c1-12-9-14-11-15(7-8-16(14)18-12)19-17(20)10-13-5-3-2-4-6-13/h7-9,11,13,18H,2-6,10H2,1H3,(H,19,20). The molecular weight excluding hydrogens is 248 g/mol. The molecule has 0 radical (unpaired) electrons. The van der Waals surface area contributed by atoms with Crippen molar-refractivity contribution in [2.24, 2.45) is 5.92 Å². The molecule has 3 rings (SSSR count).